The molecule has 0 unspecified atom stereocenters. The van der Waals surface area contributed by atoms with Crippen molar-refractivity contribution < 1.29 is 17.6 Å². The monoisotopic (exact) mass is 434 g/mol. The summed E-state index contributed by atoms with van der Waals surface area (Å²) in [7, 11) is -3.37. The van der Waals surface area contributed by atoms with Gasteiger partial charge in [0.2, 0.25) is 15.9 Å². The van der Waals surface area contributed by atoms with Gasteiger partial charge in [-0.25, -0.2) is 17.8 Å². The predicted octanol–water partition coefficient (Wildman–Crippen LogP) is 0.785. The molecule has 160 valence electrons. The van der Waals surface area contributed by atoms with Crippen LogP contribution in [0.4, 0.5) is 4.39 Å². The van der Waals surface area contributed by atoms with Crippen molar-refractivity contribution in [2.24, 2.45) is 0 Å². The number of H-pyrrole nitrogens is 1. The van der Waals surface area contributed by atoms with Crippen LogP contribution in [0, 0.1) is 5.82 Å². The van der Waals surface area contributed by atoms with Gasteiger partial charge >= 0.3 is 0 Å². The van der Waals surface area contributed by atoms with Crippen molar-refractivity contribution in [2.75, 3.05) is 25.9 Å². The molecule has 8 nitrogen and oxygen atoms in total. The number of sulfonamides is 1. The van der Waals surface area contributed by atoms with Gasteiger partial charge in [0.15, 0.2) is 0 Å². The van der Waals surface area contributed by atoms with Crippen LogP contribution in [-0.2, 0) is 34.2 Å². The van der Waals surface area contributed by atoms with Gasteiger partial charge < -0.3 is 9.88 Å². The molecule has 2 aliphatic rings. The quantitative estimate of drug-likeness (QED) is 0.766. The smallest absolute Gasteiger partial charge is 0.254 e. The lowest BCUT2D eigenvalue weighted by Gasteiger charge is -2.26. The van der Waals surface area contributed by atoms with Gasteiger partial charge in [-0.3, -0.25) is 9.59 Å². The number of benzene rings is 1. The van der Waals surface area contributed by atoms with Gasteiger partial charge in [-0.2, -0.15) is 4.31 Å². The van der Waals surface area contributed by atoms with Gasteiger partial charge in [0.05, 0.1) is 24.9 Å². The van der Waals surface area contributed by atoms with Crippen molar-refractivity contribution in [1.82, 2.24) is 19.2 Å². The second kappa shape index (κ2) is 7.92. The van der Waals surface area contributed by atoms with Crippen LogP contribution in [0.5, 0.6) is 0 Å². The van der Waals surface area contributed by atoms with E-state index in [9.17, 15) is 22.4 Å². The van der Waals surface area contributed by atoms with Crippen molar-refractivity contribution in [3.8, 4) is 0 Å². The van der Waals surface area contributed by atoms with Crippen LogP contribution >= 0.6 is 0 Å². The Kier molecular flexibility index (Phi) is 5.46. The zero-order valence-electron chi connectivity index (χ0n) is 16.6. The number of hydrogen-bond acceptors (Lipinski definition) is 5. The largest absolute Gasteiger partial charge is 0.342 e. The standard InChI is InChI=1S/C20H23FN4O4S/c1-30(28,29)25-9-7-15-17(12-25)22-19(23-20(15)27)14-6-8-24(11-14)18(26)10-13-4-2-3-5-16(13)21/h2-5,14H,6-12H2,1H3,(H,22,23,27)/t14-/m1/s1. The lowest BCUT2D eigenvalue weighted by molar-refractivity contribution is -0.129. The van der Waals surface area contributed by atoms with E-state index in [0.29, 0.717) is 48.6 Å². The van der Waals surface area contributed by atoms with Crippen LogP contribution in [0.1, 0.15) is 35.0 Å². The molecule has 30 heavy (non-hydrogen) atoms. The molecule has 0 saturated carbocycles. The number of amides is 1. The number of hydrogen-bond donors (Lipinski definition) is 1. The van der Waals surface area contributed by atoms with E-state index in [2.05, 4.69) is 9.97 Å². The molecule has 1 saturated heterocycles. The highest BCUT2D eigenvalue weighted by molar-refractivity contribution is 7.88. The Hall–Kier alpha value is -2.59. The SMILES string of the molecule is CS(=O)(=O)N1CCc2c(nc([C@@H]3CCN(C(=O)Cc4ccccc4F)C3)[nH]c2=O)C1. The summed E-state index contributed by atoms with van der Waals surface area (Å²) in [5, 5.41) is 0. The highest BCUT2D eigenvalue weighted by atomic mass is 32.2. The molecule has 1 aromatic carbocycles. The zero-order chi connectivity index (χ0) is 21.5. The fraction of sp³-hybridized carbons (Fsp3) is 0.450. The van der Waals surface area contributed by atoms with Crippen LogP contribution in [-0.4, -0.2) is 59.4 Å². The molecule has 10 heteroatoms. The average Bonchev–Trinajstić information content (AvgIpc) is 3.19. The number of nitrogens with one attached hydrogen (secondary N) is 1. The molecule has 0 radical (unpaired) electrons. The molecular weight excluding hydrogens is 411 g/mol. The Balaban J connectivity index is 1.49. The minimum Gasteiger partial charge on any atom is -0.342 e. The second-order valence-electron chi connectivity index (χ2n) is 7.82. The summed E-state index contributed by atoms with van der Waals surface area (Å²) in [6.07, 6.45) is 2.07. The molecule has 1 fully saturated rings. The molecule has 2 aromatic rings. The van der Waals surface area contributed by atoms with Crippen molar-refractivity contribution >= 4 is 15.9 Å². The summed E-state index contributed by atoms with van der Waals surface area (Å²) in [5.74, 6) is -0.264. The fourth-order valence-electron chi connectivity index (χ4n) is 4.04. The average molecular weight is 434 g/mol. The Morgan fingerprint density at radius 1 is 1.30 bits per heavy atom. The molecule has 1 amide bonds. The maximum atomic E-state index is 13.8. The van der Waals surface area contributed by atoms with Crippen LogP contribution in [0.15, 0.2) is 29.1 Å². The van der Waals surface area contributed by atoms with Crippen molar-refractivity contribution in [1.29, 1.82) is 0 Å². The lowest BCUT2D eigenvalue weighted by Crippen LogP contribution is -2.39. The van der Waals surface area contributed by atoms with E-state index >= 15 is 0 Å². The summed E-state index contributed by atoms with van der Waals surface area (Å²) >= 11 is 0. The van der Waals surface area contributed by atoms with Gasteiger partial charge in [-0.1, -0.05) is 18.2 Å². The molecule has 3 heterocycles. The molecule has 0 bridgehead atoms. The Labute approximate surface area is 173 Å². The van der Waals surface area contributed by atoms with E-state index in [1.54, 1.807) is 23.1 Å². The Morgan fingerprint density at radius 3 is 2.80 bits per heavy atom. The van der Waals surface area contributed by atoms with E-state index in [-0.39, 0.29) is 36.9 Å². The van der Waals surface area contributed by atoms with Crippen molar-refractivity contribution in [3.05, 3.63) is 63.1 Å². The molecular formula is C20H23FN4O4S. The number of carbonyl (C=O) groups excluding carboxylic acids is 1. The first-order chi connectivity index (χ1) is 14.2. The van der Waals surface area contributed by atoms with Crippen LogP contribution in [0.2, 0.25) is 0 Å². The molecule has 2 aliphatic heterocycles. The molecule has 1 N–H and O–H groups in total. The van der Waals surface area contributed by atoms with E-state index in [0.717, 1.165) is 6.26 Å². The third kappa shape index (κ3) is 4.15. The summed E-state index contributed by atoms with van der Waals surface area (Å²) < 4.78 is 38.9. The number of halogens is 1. The second-order valence-corrected chi connectivity index (χ2v) is 9.80. The Bertz CT molecular complexity index is 1150. The number of aromatic amines is 1. The van der Waals surface area contributed by atoms with Gasteiger partial charge in [0, 0.05) is 31.1 Å². The van der Waals surface area contributed by atoms with E-state index in [1.807, 2.05) is 0 Å². The number of fused-ring (bicyclic) bond motifs is 1. The minimum absolute atomic E-state index is 0.0170. The maximum absolute atomic E-state index is 13.8. The van der Waals surface area contributed by atoms with Crippen molar-refractivity contribution in [2.45, 2.75) is 31.7 Å². The maximum Gasteiger partial charge on any atom is 0.254 e. The number of carbonyl (C=O) groups is 1. The number of aromatic nitrogens is 2. The molecule has 4 rings (SSSR count). The molecule has 1 aromatic heterocycles. The predicted molar refractivity (Wildman–Crippen MR) is 108 cm³/mol. The number of rotatable bonds is 4. The van der Waals surface area contributed by atoms with E-state index in [1.165, 1.54) is 10.4 Å². The highest BCUT2D eigenvalue weighted by Crippen LogP contribution is 2.26. The van der Waals surface area contributed by atoms with Gasteiger partial charge in [-0.05, 0) is 24.5 Å². The highest BCUT2D eigenvalue weighted by Gasteiger charge is 2.32. The fourth-order valence-corrected chi connectivity index (χ4v) is 4.82. The van der Waals surface area contributed by atoms with E-state index in [4.69, 9.17) is 0 Å². The first-order valence-corrected chi connectivity index (χ1v) is 11.7. The number of likely N-dealkylation sites (tertiary alicyclic amines) is 1. The van der Waals surface area contributed by atoms with Crippen LogP contribution in [0.25, 0.3) is 0 Å². The van der Waals surface area contributed by atoms with Gasteiger partial charge in [-0.15, -0.1) is 0 Å². The third-order valence-corrected chi connectivity index (χ3v) is 7.00. The van der Waals surface area contributed by atoms with Crippen LogP contribution in [0.3, 0.4) is 0 Å². The molecule has 1 atom stereocenters. The molecule has 0 spiro atoms. The zero-order valence-corrected chi connectivity index (χ0v) is 17.4. The van der Waals surface area contributed by atoms with Crippen LogP contribution < -0.4 is 5.56 Å². The summed E-state index contributed by atoms with van der Waals surface area (Å²) in [4.78, 5) is 34.1. The minimum atomic E-state index is -3.37. The Morgan fingerprint density at radius 2 is 2.07 bits per heavy atom. The van der Waals surface area contributed by atoms with Gasteiger partial charge in [0.25, 0.3) is 5.56 Å². The summed E-state index contributed by atoms with van der Waals surface area (Å²) in [6.45, 7) is 1.21. The van der Waals surface area contributed by atoms with E-state index < -0.39 is 15.8 Å². The summed E-state index contributed by atoms with van der Waals surface area (Å²) in [6, 6.07) is 6.20. The van der Waals surface area contributed by atoms with Crippen molar-refractivity contribution in [3.63, 3.8) is 0 Å². The third-order valence-electron chi connectivity index (χ3n) is 5.75. The lowest BCUT2D eigenvalue weighted by atomic mass is 10.1. The first-order valence-electron chi connectivity index (χ1n) is 9.80. The number of nitrogens with zero attached hydrogens (tertiary/aromatic N) is 3. The summed E-state index contributed by atoms with van der Waals surface area (Å²) in [5.41, 5.74) is 1.09. The topological polar surface area (TPSA) is 103 Å². The molecule has 0 aliphatic carbocycles. The van der Waals surface area contributed by atoms with Gasteiger partial charge in [0.1, 0.15) is 11.6 Å². The normalized spacial score (nSPS) is 19.7. The first kappa shape index (κ1) is 20.7.